The largest absolute Gasteiger partial charge is 0.460 e. The van der Waals surface area contributed by atoms with Crippen molar-refractivity contribution >= 4 is 0 Å². The molecule has 0 bridgehead atoms. The van der Waals surface area contributed by atoms with Gasteiger partial charge in [-0.3, -0.25) is 0 Å². The Labute approximate surface area is 256 Å². The monoisotopic (exact) mass is 692 g/mol. The number of hydrogen-bond donors (Lipinski definition) is 0. The van der Waals surface area contributed by atoms with E-state index in [2.05, 4.69) is 6.92 Å². The summed E-state index contributed by atoms with van der Waals surface area (Å²) in [5.41, 5.74) is 0. The van der Waals surface area contributed by atoms with Gasteiger partial charge in [0.2, 0.25) is 0 Å². The van der Waals surface area contributed by atoms with Crippen molar-refractivity contribution in [2.75, 3.05) is 0 Å². The second kappa shape index (κ2) is 19.1. The Hall–Kier alpha value is -1.05. The van der Waals surface area contributed by atoms with Gasteiger partial charge in [-0.1, -0.05) is 135 Å². The molecule has 0 unspecified atom stereocenters. The highest BCUT2D eigenvalue weighted by atomic mass is 19.4. The van der Waals surface area contributed by atoms with Gasteiger partial charge >= 0.3 is 41.7 Å². The van der Waals surface area contributed by atoms with E-state index in [0.29, 0.717) is 12.8 Å². The molecule has 0 aliphatic rings. The topological polar surface area (TPSA) is 0 Å². The van der Waals surface area contributed by atoms with Crippen LogP contribution in [0.1, 0.15) is 148 Å². The van der Waals surface area contributed by atoms with Crippen LogP contribution in [0.3, 0.4) is 0 Å². The first kappa shape index (κ1) is 43.9. The fourth-order valence-corrected chi connectivity index (χ4v) is 4.94. The van der Waals surface area contributed by atoms with E-state index in [1.807, 2.05) is 0 Å². The lowest BCUT2D eigenvalue weighted by Gasteiger charge is -2.41. The van der Waals surface area contributed by atoms with Gasteiger partial charge in [-0.25, -0.2) is 0 Å². The highest BCUT2D eigenvalue weighted by Gasteiger charge is 2.93. The standard InChI is InChI=1S/C30H47F15/c1-2-3-4-5-6-7-8-9-10-11-12-13-14-15-16-17-18-19-20-21-22-23-24(31,32)25(33,34)26(35,36)27(37,38)28(39,40)29(41,42)30(43,44)45/h2-23H2,1H3. The van der Waals surface area contributed by atoms with E-state index in [4.69, 9.17) is 0 Å². The summed E-state index contributed by atoms with van der Waals surface area (Å²) in [4.78, 5) is 0. The fourth-order valence-electron chi connectivity index (χ4n) is 4.94. The fraction of sp³-hybridized carbons (Fsp3) is 1.00. The number of rotatable bonds is 27. The Morgan fingerprint density at radius 3 is 0.756 bits per heavy atom. The highest BCUT2D eigenvalue weighted by Crippen LogP contribution is 2.62. The molecular weight excluding hydrogens is 645 g/mol. The first-order valence-corrected chi connectivity index (χ1v) is 15.9. The molecule has 15 heteroatoms. The second-order valence-electron chi connectivity index (χ2n) is 11.9. The molecule has 0 radical (unpaired) electrons. The predicted octanol–water partition coefficient (Wildman–Crippen LogP) is 14.0. The predicted molar refractivity (Wildman–Crippen MR) is 143 cm³/mol. The van der Waals surface area contributed by atoms with Gasteiger partial charge in [0, 0.05) is 6.42 Å². The third-order valence-corrected chi connectivity index (χ3v) is 7.99. The molecule has 0 rings (SSSR count). The molecule has 0 aliphatic heterocycles. The van der Waals surface area contributed by atoms with Gasteiger partial charge in [0.1, 0.15) is 0 Å². The first-order valence-electron chi connectivity index (χ1n) is 15.9. The smallest absolute Gasteiger partial charge is 0.200 e. The van der Waals surface area contributed by atoms with E-state index in [1.54, 1.807) is 0 Å². The van der Waals surface area contributed by atoms with E-state index < -0.39 is 54.6 Å². The van der Waals surface area contributed by atoms with Gasteiger partial charge in [-0.2, -0.15) is 65.9 Å². The van der Waals surface area contributed by atoms with Crippen molar-refractivity contribution in [1.82, 2.24) is 0 Å². The molecule has 0 N–H and O–H groups in total. The average Bonchev–Trinajstić information content (AvgIpc) is 2.92. The van der Waals surface area contributed by atoms with Gasteiger partial charge < -0.3 is 0 Å². The van der Waals surface area contributed by atoms with Crippen LogP contribution in [0.4, 0.5) is 65.9 Å². The third kappa shape index (κ3) is 12.2. The molecule has 0 nitrogen and oxygen atoms in total. The van der Waals surface area contributed by atoms with Crippen LogP contribution < -0.4 is 0 Å². The summed E-state index contributed by atoms with van der Waals surface area (Å²) in [7, 11) is 0. The zero-order valence-corrected chi connectivity index (χ0v) is 25.7. The lowest BCUT2D eigenvalue weighted by Crippen LogP contribution is -2.72. The van der Waals surface area contributed by atoms with Gasteiger partial charge in [0.15, 0.2) is 0 Å². The molecule has 0 atom stereocenters. The van der Waals surface area contributed by atoms with Crippen molar-refractivity contribution in [3.63, 3.8) is 0 Å². The van der Waals surface area contributed by atoms with Crippen LogP contribution >= 0.6 is 0 Å². The quantitative estimate of drug-likeness (QED) is 0.0594. The number of unbranched alkanes of at least 4 members (excludes halogenated alkanes) is 20. The molecule has 0 fully saturated rings. The maximum Gasteiger partial charge on any atom is 0.460 e. The van der Waals surface area contributed by atoms with Gasteiger partial charge in [-0.05, 0) is 6.42 Å². The van der Waals surface area contributed by atoms with E-state index >= 15 is 0 Å². The molecule has 0 aromatic carbocycles. The average molecular weight is 693 g/mol. The molecule has 45 heavy (non-hydrogen) atoms. The summed E-state index contributed by atoms with van der Waals surface area (Å²) < 4.78 is 198. The minimum absolute atomic E-state index is 0.169. The summed E-state index contributed by atoms with van der Waals surface area (Å²) in [5, 5.41) is 0. The zero-order chi connectivity index (χ0) is 35.1. The van der Waals surface area contributed by atoms with Crippen molar-refractivity contribution in [3.05, 3.63) is 0 Å². The molecule has 0 aliphatic carbocycles. The second-order valence-corrected chi connectivity index (χ2v) is 11.9. The molecule has 0 aromatic heterocycles. The number of hydrogen-bond acceptors (Lipinski definition) is 0. The SMILES string of the molecule is CCCCCCCCCCCCCCCCCCCCCCCC(F)(F)C(F)(F)C(F)(F)C(F)(F)C(F)(F)C(F)(F)C(F)(F)F. The summed E-state index contributed by atoms with van der Waals surface area (Å²) in [5.74, 6) is -45.8. The van der Waals surface area contributed by atoms with Crippen LogP contribution in [0.5, 0.6) is 0 Å². The van der Waals surface area contributed by atoms with Crippen molar-refractivity contribution in [1.29, 1.82) is 0 Å². The van der Waals surface area contributed by atoms with Crippen molar-refractivity contribution in [2.45, 2.75) is 190 Å². The molecule has 0 aromatic rings. The van der Waals surface area contributed by atoms with Gasteiger partial charge in [0.05, 0.1) is 0 Å². The number of alkyl halides is 15. The number of halogens is 15. The van der Waals surface area contributed by atoms with Crippen molar-refractivity contribution in [3.8, 4) is 0 Å². The van der Waals surface area contributed by atoms with E-state index in [0.717, 1.165) is 38.5 Å². The molecule has 272 valence electrons. The Balaban J connectivity index is 4.30. The van der Waals surface area contributed by atoms with E-state index in [-0.39, 0.29) is 12.8 Å². The molecule has 0 amide bonds. The Kier molecular flexibility index (Phi) is 18.6. The van der Waals surface area contributed by atoms with Crippen LogP contribution in [0.15, 0.2) is 0 Å². The molecular formula is C30H47F15. The van der Waals surface area contributed by atoms with E-state index in [9.17, 15) is 65.9 Å². The summed E-state index contributed by atoms with van der Waals surface area (Å²) in [6, 6.07) is 0. The Morgan fingerprint density at radius 2 is 0.489 bits per heavy atom. The van der Waals surface area contributed by atoms with Crippen LogP contribution in [0.25, 0.3) is 0 Å². The lowest BCUT2D eigenvalue weighted by atomic mass is 9.89. The molecule has 0 spiro atoms. The van der Waals surface area contributed by atoms with Crippen LogP contribution in [0.2, 0.25) is 0 Å². The molecule has 0 saturated carbocycles. The van der Waals surface area contributed by atoms with Gasteiger partial charge in [0.25, 0.3) is 0 Å². The van der Waals surface area contributed by atoms with Crippen molar-refractivity contribution < 1.29 is 65.9 Å². The summed E-state index contributed by atoms with van der Waals surface area (Å²) in [6.07, 6.45) is 9.02. The Morgan fingerprint density at radius 1 is 0.267 bits per heavy atom. The van der Waals surface area contributed by atoms with Crippen LogP contribution in [-0.2, 0) is 0 Å². The van der Waals surface area contributed by atoms with Crippen LogP contribution in [0, 0.1) is 0 Å². The normalized spacial score (nSPS) is 14.4. The third-order valence-electron chi connectivity index (χ3n) is 7.99. The van der Waals surface area contributed by atoms with Gasteiger partial charge in [-0.15, -0.1) is 0 Å². The maximum atomic E-state index is 13.9. The Bertz CT molecular complexity index is 776. The minimum Gasteiger partial charge on any atom is -0.200 e. The molecule has 0 heterocycles. The lowest BCUT2D eigenvalue weighted by molar-refractivity contribution is -0.452. The van der Waals surface area contributed by atoms with Crippen molar-refractivity contribution in [2.24, 2.45) is 0 Å². The minimum atomic E-state index is -8.21. The summed E-state index contributed by atoms with van der Waals surface area (Å²) in [6.45, 7) is 2.19. The first-order chi connectivity index (χ1) is 20.6. The molecule has 0 saturated heterocycles. The van der Waals surface area contributed by atoms with Crippen LogP contribution in [-0.4, -0.2) is 41.7 Å². The summed E-state index contributed by atoms with van der Waals surface area (Å²) >= 11 is 0. The zero-order valence-electron chi connectivity index (χ0n) is 25.7. The van der Waals surface area contributed by atoms with E-state index in [1.165, 1.54) is 64.2 Å². The maximum absolute atomic E-state index is 13.9. The highest BCUT2D eigenvalue weighted by molar-refractivity contribution is 5.12.